The normalized spacial score (nSPS) is 28.5. The Labute approximate surface area is 294 Å². The molecule has 3 fully saturated rings. The lowest BCUT2D eigenvalue weighted by atomic mass is 10.0. The molecule has 11 nitrogen and oxygen atoms in total. The number of hydrogen-bond acceptors (Lipinski definition) is 9. The first-order chi connectivity index (χ1) is 23.6. The fourth-order valence-corrected chi connectivity index (χ4v) is 9.33. The first-order valence-electron chi connectivity index (χ1n) is 17.0. The Morgan fingerprint density at radius 2 is 1.92 bits per heavy atom. The second-order valence-electron chi connectivity index (χ2n) is 13.5. The Morgan fingerprint density at radius 3 is 2.71 bits per heavy atom. The standard InChI is InChI=1S/C35H40ClN5O6S2/c36-24-13-16-27-30(17-24)48-34(38-27)47-25-18-29-31(42)39-35(33(44)40-49(45,46)26-14-15-26)19-23(35)11-7-2-1-3-8-12-28(32(43)41(29)21-25)37-20-22-9-5-4-6-10-22/h4-7,9-11,13,16-17,23,25-26,28-29,37H,1-3,8,12,14-15,18-21H2,(H,39,42)(H,40,44)/b11-7-/t23-,25-,28+,29+,35-/m1/s1. The zero-order chi connectivity index (χ0) is 34.2. The third kappa shape index (κ3) is 7.64. The maximum absolute atomic E-state index is 14.4. The van der Waals surface area contributed by atoms with E-state index in [4.69, 9.17) is 16.3 Å². The number of carbonyl (C=O) groups excluding carboxylic acids is 3. The van der Waals surface area contributed by atoms with E-state index in [1.54, 1.807) is 11.0 Å². The maximum Gasteiger partial charge on any atom is 0.274 e. The van der Waals surface area contributed by atoms with Crippen molar-refractivity contribution in [3.05, 3.63) is 71.3 Å². The minimum atomic E-state index is -3.83. The summed E-state index contributed by atoms with van der Waals surface area (Å²) in [6.07, 6.45) is 8.85. The van der Waals surface area contributed by atoms with E-state index in [1.165, 1.54) is 11.3 Å². The molecule has 2 aliphatic carbocycles. The summed E-state index contributed by atoms with van der Waals surface area (Å²) in [7, 11) is -3.83. The van der Waals surface area contributed by atoms with Gasteiger partial charge in [0.1, 0.15) is 17.7 Å². The van der Waals surface area contributed by atoms with Crippen LogP contribution in [0.2, 0.25) is 5.02 Å². The molecule has 260 valence electrons. The van der Waals surface area contributed by atoms with Crippen molar-refractivity contribution in [3.63, 3.8) is 0 Å². The number of fused-ring (bicyclic) bond motifs is 3. The average molecular weight is 726 g/mol. The Kier molecular flexibility index (Phi) is 9.71. The molecule has 0 bridgehead atoms. The number of sulfonamides is 1. The molecule has 5 atom stereocenters. The summed E-state index contributed by atoms with van der Waals surface area (Å²) < 4.78 is 34.9. The molecule has 0 radical (unpaired) electrons. The van der Waals surface area contributed by atoms with Crippen molar-refractivity contribution in [2.24, 2.45) is 5.92 Å². The van der Waals surface area contributed by atoms with E-state index in [1.807, 2.05) is 54.6 Å². The molecule has 7 rings (SSSR count). The van der Waals surface area contributed by atoms with Crippen LogP contribution in [0.1, 0.15) is 63.4 Å². The molecule has 1 saturated heterocycles. The molecule has 1 aromatic heterocycles. The van der Waals surface area contributed by atoms with Gasteiger partial charge < -0.3 is 20.3 Å². The third-order valence-corrected chi connectivity index (χ3v) is 12.8. The van der Waals surface area contributed by atoms with Crippen LogP contribution in [-0.4, -0.2) is 71.5 Å². The first kappa shape index (κ1) is 34.0. The lowest BCUT2D eigenvalue weighted by Gasteiger charge is -2.30. The monoisotopic (exact) mass is 725 g/mol. The minimum Gasteiger partial charge on any atom is -0.465 e. The summed E-state index contributed by atoms with van der Waals surface area (Å²) >= 11 is 7.52. The lowest BCUT2D eigenvalue weighted by Crippen LogP contribution is -2.58. The summed E-state index contributed by atoms with van der Waals surface area (Å²) in [5.41, 5.74) is 0.358. The Bertz CT molecular complexity index is 1870. The number of ether oxygens (including phenoxy) is 1. The number of nitrogens with zero attached hydrogens (tertiary/aromatic N) is 2. The van der Waals surface area contributed by atoms with Crippen molar-refractivity contribution < 1.29 is 27.5 Å². The molecule has 3 N–H and O–H groups in total. The summed E-state index contributed by atoms with van der Waals surface area (Å²) in [6.45, 7) is 0.634. The zero-order valence-corrected chi connectivity index (χ0v) is 29.4. The van der Waals surface area contributed by atoms with Gasteiger partial charge in [0.25, 0.3) is 11.1 Å². The van der Waals surface area contributed by atoms with E-state index in [2.05, 4.69) is 20.3 Å². The van der Waals surface area contributed by atoms with Gasteiger partial charge in [0, 0.05) is 23.9 Å². The molecule has 2 saturated carbocycles. The molecular weight excluding hydrogens is 686 g/mol. The Hall–Kier alpha value is -3.52. The van der Waals surface area contributed by atoms with Gasteiger partial charge >= 0.3 is 0 Å². The summed E-state index contributed by atoms with van der Waals surface area (Å²) in [5, 5.41) is 6.79. The van der Waals surface area contributed by atoms with Gasteiger partial charge in [-0.25, -0.2) is 13.4 Å². The average Bonchev–Trinajstić information content (AvgIpc) is 3.97. The van der Waals surface area contributed by atoms with E-state index >= 15 is 0 Å². The van der Waals surface area contributed by atoms with Gasteiger partial charge in [-0.05, 0) is 62.3 Å². The largest absolute Gasteiger partial charge is 0.465 e. The van der Waals surface area contributed by atoms with E-state index in [9.17, 15) is 22.8 Å². The SMILES string of the molecule is O=C1N[C@]2(C(=O)NS(=O)(=O)C3CC3)C[C@H]2/C=C\CCCCC[C@H](NCc2ccccc2)C(=O)N2C[C@H](Oc3nc4ccc(Cl)cc4s3)C[C@@H]12. The van der Waals surface area contributed by atoms with E-state index in [0.29, 0.717) is 36.0 Å². The van der Waals surface area contributed by atoms with Gasteiger partial charge in [0.05, 0.1) is 28.1 Å². The van der Waals surface area contributed by atoms with Gasteiger partial charge in [-0.2, -0.15) is 0 Å². The van der Waals surface area contributed by atoms with Gasteiger partial charge in [0.2, 0.25) is 21.8 Å². The van der Waals surface area contributed by atoms with Crippen LogP contribution >= 0.6 is 22.9 Å². The first-order valence-corrected chi connectivity index (χ1v) is 19.7. The summed E-state index contributed by atoms with van der Waals surface area (Å²) in [4.78, 5) is 48.4. The van der Waals surface area contributed by atoms with E-state index < -0.39 is 50.8 Å². The predicted octanol–water partition coefficient (Wildman–Crippen LogP) is 4.46. The number of halogens is 1. The molecule has 3 heterocycles. The van der Waals surface area contributed by atoms with Crippen molar-refractivity contribution >= 4 is 60.9 Å². The number of nitrogens with one attached hydrogen (secondary N) is 3. The van der Waals surface area contributed by atoms with Gasteiger partial charge in [-0.3, -0.25) is 19.1 Å². The van der Waals surface area contributed by atoms with Crippen molar-refractivity contribution in [1.82, 2.24) is 25.2 Å². The highest BCUT2D eigenvalue weighted by Gasteiger charge is 2.62. The fraction of sp³-hybridized carbons (Fsp3) is 0.486. The number of aromatic nitrogens is 1. The minimum absolute atomic E-state index is 0.149. The molecule has 3 aromatic rings. The number of rotatable bonds is 8. The summed E-state index contributed by atoms with van der Waals surface area (Å²) in [6, 6.07) is 13.7. The van der Waals surface area contributed by atoms with Crippen LogP contribution in [0.5, 0.6) is 5.19 Å². The quantitative estimate of drug-likeness (QED) is 0.289. The highest BCUT2D eigenvalue weighted by Crippen LogP contribution is 2.46. The van der Waals surface area contributed by atoms with Crippen molar-refractivity contribution in [3.8, 4) is 5.19 Å². The Morgan fingerprint density at radius 1 is 1.10 bits per heavy atom. The number of benzene rings is 2. The second kappa shape index (κ2) is 14.0. The molecular formula is C35H40ClN5O6S2. The number of hydrogen-bond donors (Lipinski definition) is 3. The van der Waals surface area contributed by atoms with Crippen molar-refractivity contribution in [1.29, 1.82) is 0 Å². The second-order valence-corrected chi connectivity index (χ2v) is 16.9. The predicted molar refractivity (Wildman–Crippen MR) is 188 cm³/mol. The molecule has 2 aliphatic heterocycles. The third-order valence-electron chi connectivity index (χ3n) is 9.84. The van der Waals surface area contributed by atoms with Crippen LogP contribution in [0.15, 0.2) is 60.7 Å². The Balaban J connectivity index is 1.16. The van der Waals surface area contributed by atoms with Crippen LogP contribution in [-0.2, 0) is 31.0 Å². The molecule has 0 unspecified atom stereocenters. The zero-order valence-electron chi connectivity index (χ0n) is 27.0. The molecule has 0 spiro atoms. The lowest BCUT2D eigenvalue weighted by molar-refractivity contribution is -0.141. The van der Waals surface area contributed by atoms with Crippen molar-refractivity contribution in [2.75, 3.05) is 6.54 Å². The molecule has 2 aromatic carbocycles. The van der Waals surface area contributed by atoms with Crippen LogP contribution in [0.3, 0.4) is 0 Å². The molecule has 3 amide bonds. The number of carbonyl (C=O) groups is 3. The van der Waals surface area contributed by atoms with E-state index in [0.717, 1.165) is 41.5 Å². The van der Waals surface area contributed by atoms with Gasteiger partial charge in [0.15, 0.2) is 0 Å². The van der Waals surface area contributed by atoms with Crippen LogP contribution < -0.4 is 20.1 Å². The van der Waals surface area contributed by atoms with E-state index in [-0.39, 0.29) is 31.2 Å². The molecule has 14 heteroatoms. The number of amides is 3. The van der Waals surface area contributed by atoms with Gasteiger partial charge in [-0.15, -0.1) is 0 Å². The number of allylic oxidation sites excluding steroid dienone is 1. The van der Waals surface area contributed by atoms with Crippen LogP contribution in [0.4, 0.5) is 0 Å². The van der Waals surface area contributed by atoms with Crippen LogP contribution in [0.25, 0.3) is 10.2 Å². The highest BCUT2D eigenvalue weighted by atomic mass is 35.5. The fourth-order valence-electron chi connectivity index (χ4n) is 6.81. The molecule has 4 aliphatic rings. The topological polar surface area (TPSA) is 147 Å². The number of thiazole rings is 1. The van der Waals surface area contributed by atoms with Gasteiger partial charge in [-0.1, -0.05) is 78.3 Å². The molecule has 49 heavy (non-hydrogen) atoms. The summed E-state index contributed by atoms with van der Waals surface area (Å²) in [5.74, 6) is -1.81. The van der Waals surface area contributed by atoms with Crippen molar-refractivity contribution in [2.45, 2.75) is 93.3 Å². The smallest absolute Gasteiger partial charge is 0.274 e. The van der Waals surface area contributed by atoms with Crippen LogP contribution in [0, 0.1) is 5.92 Å². The highest BCUT2D eigenvalue weighted by molar-refractivity contribution is 7.91. The maximum atomic E-state index is 14.4.